The Kier molecular flexibility index (Phi) is 3.62. The Morgan fingerprint density at radius 1 is 1.53 bits per heavy atom. The molecule has 84 valence electrons. The van der Waals surface area contributed by atoms with E-state index in [1.54, 1.807) is 0 Å². The second-order valence-corrected chi connectivity index (χ2v) is 3.19. The van der Waals surface area contributed by atoms with Crippen LogP contribution in [0, 0.1) is 0 Å². The van der Waals surface area contributed by atoms with Gasteiger partial charge in [0, 0.05) is 13.6 Å². The van der Waals surface area contributed by atoms with Crippen molar-refractivity contribution in [1.82, 2.24) is 15.1 Å². The van der Waals surface area contributed by atoms with Crippen LogP contribution in [0.1, 0.15) is 0 Å². The van der Waals surface area contributed by atoms with E-state index in [1.165, 1.54) is 11.9 Å². The molecule has 7 nitrogen and oxygen atoms in total. The highest BCUT2D eigenvalue weighted by atomic mass is 16.3. The molecule has 7 heteroatoms. The van der Waals surface area contributed by atoms with Gasteiger partial charge in [0.1, 0.15) is 13.1 Å². The SMILES string of the molecule is CN1CC(=O)N(CC(=O)NCCO)C1=O. The van der Waals surface area contributed by atoms with Crippen molar-refractivity contribution < 1.29 is 19.5 Å². The van der Waals surface area contributed by atoms with Crippen LogP contribution in [0.15, 0.2) is 0 Å². The number of likely N-dealkylation sites (N-methyl/N-ethyl adjacent to an activating group) is 1. The number of hydrogen-bond acceptors (Lipinski definition) is 4. The largest absolute Gasteiger partial charge is 0.395 e. The van der Waals surface area contributed by atoms with Gasteiger partial charge >= 0.3 is 6.03 Å². The van der Waals surface area contributed by atoms with Gasteiger partial charge in [0.25, 0.3) is 5.91 Å². The average Bonchev–Trinajstić information content (AvgIpc) is 2.42. The highest BCUT2D eigenvalue weighted by Crippen LogP contribution is 2.06. The first kappa shape index (κ1) is 11.4. The third-order valence-electron chi connectivity index (χ3n) is 1.97. The lowest BCUT2D eigenvalue weighted by molar-refractivity contribution is -0.130. The first-order valence-electron chi connectivity index (χ1n) is 4.49. The molecular formula is C8H13N3O4. The molecular weight excluding hydrogens is 202 g/mol. The fraction of sp³-hybridized carbons (Fsp3) is 0.625. The van der Waals surface area contributed by atoms with E-state index >= 15 is 0 Å². The Morgan fingerprint density at radius 3 is 2.67 bits per heavy atom. The molecule has 0 unspecified atom stereocenters. The van der Waals surface area contributed by atoms with Gasteiger partial charge in [0.2, 0.25) is 5.91 Å². The highest BCUT2D eigenvalue weighted by Gasteiger charge is 2.34. The molecule has 0 aromatic rings. The van der Waals surface area contributed by atoms with Crippen molar-refractivity contribution in [3.63, 3.8) is 0 Å². The lowest BCUT2D eigenvalue weighted by Gasteiger charge is -2.13. The summed E-state index contributed by atoms with van der Waals surface area (Å²) in [7, 11) is 1.49. The van der Waals surface area contributed by atoms with E-state index in [2.05, 4.69) is 5.32 Å². The summed E-state index contributed by atoms with van der Waals surface area (Å²) in [6.45, 7) is -0.341. The predicted molar refractivity (Wildman–Crippen MR) is 49.8 cm³/mol. The Morgan fingerprint density at radius 2 is 2.20 bits per heavy atom. The first-order chi connectivity index (χ1) is 7.06. The predicted octanol–water partition coefficient (Wildman–Crippen LogP) is -2.01. The molecule has 0 radical (unpaired) electrons. The number of carbonyl (C=O) groups excluding carboxylic acids is 3. The number of aliphatic hydroxyl groups is 1. The van der Waals surface area contributed by atoms with E-state index in [9.17, 15) is 14.4 Å². The van der Waals surface area contributed by atoms with E-state index < -0.39 is 11.9 Å². The average molecular weight is 215 g/mol. The lowest BCUT2D eigenvalue weighted by atomic mass is 10.5. The molecule has 1 fully saturated rings. The summed E-state index contributed by atoms with van der Waals surface area (Å²) in [5.74, 6) is -0.845. The number of imide groups is 1. The second-order valence-electron chi connectivity index (χ2n) is 3.19. The van der Waals surface area contributed by atoms with Gasteiger partial charge in [0.15, 0.2) is 0 Å². The van der Waals surface area contributed by atoms with Gasteiger partial charge in [-0.1, -0.05) is 0 Å². The van der Waals surface area contributed by atoms with Crippen LogP contribution in [0.3, 0.4) is 0 Å². The Bertz CT molecular complexity index is 292. The summed E-state index contributed by atoms with van der Waals surface area (Å²) in [6, 6.07) is -0.473. The van der Waals surface area contributed by atoms with Crippen LogP contribution < -0.4 is 5.32 Å². The zero-order chi connectivity index (χ0) is 11.4. The fourth-order valence-electron chi connectivity index (χ4n) is 1.22. The molecule has 0 saturated carbocycles. The molecule has 1 saturated heterocycles. The summed E-state index contributed by atoms with van der Waals surface area (Å²) < 4.78 is 0. The van der Waals surface area contributed by atoms with Gasteiger partial charge in [-0.2, -0.15) is 0 Å². The molecule has 2 N–H and O–H groups in total. The normalized spacial score (nSPS) is 16.1. The number of aliphatic hydroxyl groups excluding tert-OH is 1. The third-order valence-corrected chi connectivity index (χ3v) is 1.97. The molecule has 0 atom stereocenters. The number of hydrogen-bond donors (Lipinski definition) is 2. The van der Waals surface area contributed by atoms with Crippen LogP contribution >= 0.6 is 0 Å². The minimum absolute atomic E-state index is 0.00606. The summed E-state index contributed by atoms with van der Waals surface area (Å²) in [5, 5.41) is 10.8. The smallest absolute Gasteiger partial charge is 0.327 e. The molecule has 4 amide bonds. The van der Waals surface area contributed by atoms with Crippen LogP contribution in [0.2, 0.25) is 0 Å². The summed E-state index contributed by atoms with van der Waals surface area (Å²) >= 11 is 0. The van der Waals surface area contributed by atoms with Crippen molar-refractivity contribution in [2.24, 2.45) is 0 Å². The van der Waals surface area contributed by atoms with E-state index in [0.717, 1.165) is 4.90 Å². The summed E-state index contributed by atoms with van der Waals surface area (Å²) in [4.78, 5) is 35.9. The molecule has 1 rings (SSSR count). The van der Waals surface area contributed by atoms with Crippen molar-refractivity contribution in [3.8, 4) is 0 Å². The zero-order valence-electron chi connectivity index (χ0n) is 8.39. The zero-order valence-corrected chi connectivity index (χ0v) is 8.39. The Labute approximate surface area is 86.6 Å². The molecule has 15 heavy (non-hydrogen) atoms. The Balaban J connectivity index is 2.47. The van der Waals surface area contributed by atoms with Gasteiger partial charge in [-0.3, -0.25) is 14.5 Å². The van der Waals surface area contributed by atoms with E-state index in [-0.39, 0.29) is 32.1 Å². The molecule has 0 aromatic carbocycles. The van der Waals surface area contributed by atoms with Crippen molar-refractivity contribution in [2.45, 2.75) is 0 Å². The molecule has 0 spiro atoms. The monoisotopic (exact) mass is 215 g/mol. The first-order valence-corrected chi connectivity index (χ1v) is 4.49. The third kappa shape index (κ3) is 2.66. The molecule has 0 aliphatic carbocycles. The lowest BCUT2D eigenvalue weighted by Crippen LogP contribution is -2.41. The standard InChI is InChI=1S/C8H13N3O4/c1-10-5-7(14)11(8(10)15)4-6(13)9-2-3-12/h12H,2-5H2,1H3,(H,9,13). The minimum Gasteiger partial charge on any atom is -0.395 e. The number of urea groups is 1. The number of nitrogens with zero attached hydrogens (tertiary/aromatic N) is 2. The maximum Gasteiger partial charge on any atom is 0.327 e. The van der Waals surface area contributed by atoms with Crippen LogP contribution in [-0.4, -0.2) is 66.0 Å². The van der Waals surface area contributed by atoms with Crippen LogP contribution in [-0.2, 0) is 9.59 Å². The van der Waals surface area contributed by atoms with Crippen LogP contribution in [0.25, 0.3) is 0 Å². The Hall–Kier alpha value is -1.63. The van der Waals surface area contributed by atoms with Crippen molar-refractivity contribution >= 4 is 17.8 Å². The quantitative estimate of drug-likeness (QED) is 0.530. The molecule has 1 aliphatic rings. The molecule has 0 bridgehead atoms. The molecule has 1 heterocycles. The van der Waals surface area contributed by atoms with Gasteiger partial charge in [-0.25, -0.2) is 4.79 Å². The number of rotatable bonds is 4. The maximum atomic E-state index is 11.3. The fourth-order valence-corrected chi connectivity index (χ4v) is 1.22. The van der Waals surface area contributed by atoms with Crippen molar-refractivity contribution in [1.29, 1.82) is 0 Å². The molecule has 0 aromatic heterocycles. The number of amides is 4. The summed E-state index contributed by atoms with van der Waals surface area (Å²) in [5.41, 5.74) is 0. The van der Waals surface area contributed by atoms with Gasteiger partial charge in [0.05, 0.1) is 6.61 Å². The van der Waals surface area contributed by atoms with Gasteiger partial charge < -0.3 is 15.3 Å². The van der Waals surface area contributed by atoms with Crippen molar-refractivity contribution in [3.05, 3.63) is 0 Å². The molecule has 1 aliphatic heterocycles. The van der Waals surface area contributed by atoms with E-state index in [1.807, 2.05) is 0 Å². The number of nitrogens with one attached hydrogen (secondary N) is 1. The maximum absolute atomic E-state index is 11.3. The topological polar surface area (TPSA) is 90.0 Å². The summed E-state index contributed by atoms with van der Waals surface area (Å²) in [6.07, 6.45) is 0. The number of carbonyl (C=O) groups is 3. The second kappa shape index (κ2) is 4.74. The highest BCUT2D eigenvalue weighted by molar-refractivity contribution is 6.04. The van der Waals surface area contributed by atoms with Crippen LogP contribution in [0.4, 0.5) is 4.79 Å². The van der Waals surface area contributed by atoms with Crippen molar-refractivity contribution in [2.75, 3.05) is 33.3 Å². The van der Waals surface area contributed by atoms with E-state index in [0.29, 0.717) is 0 Å². The van der Waals surface area contributed by atoms with Gasteiger partial charge in [-0.15, -0.1) is 0 Å². The van der Waals surface area contributed by atoms with Crippen LogP contribution in [0.5, 0.6) is 0 Å². The van der Waals surface area contributed by atoms with Gasteiger partial charge in [-0.05, 0) is 0 Å². The minimum atomic E-state index is -0.473. The van der Waals surface area contributed by atoms with E-state index in [4.69, 9.17) is 5.11 Å².